The molecule has 0 amide bonds. The fourth-order valence-electron chi connectivity index (χ4n) is 3.50. The van der Waals surface area contributed by atoms with Gasteiger partial charge in [0.05, 0.1) is 16.9 Å². The van der Waals surface area contributed by atoms with Crippen molar-refractivity contribution >= 4 is 31.4 Å². The van der Waals surface area contributed by atoms with Crippen molar-refractivity contribution in [1.82, 2.24) is 0 Å². The third-order valence-electron chi connectivity index (χ3n) is 5.22. The summed E-state index contributed by atoms with van der Waals surface area (Å²) in [6.45, 7) is 6.52. The molecule has 10 heteroatoms. The van der Waals surface area contributed by atoms with Gasteiger partial charge in [-0.1, -0.05) is 17.7 Å². The Bertz CT molecular complexity index is 1460. The summed E-state index contributed by atoms with van der Waals surface area (Å²) in [5, 5.41) is 13.4. The molecule has 0 atom stereocenters. The molecular formula is C24H26N2O6S2. The van der Waals surface area contributed by atoms with Crippen LogP contribution in [0.5, 0.6) is 11.5 Å². The molecule has 8 nitrogen and oxygen atoms in total. The fraction of sp³-hybridized carbons (Fsp3) is 0.208. The van der Waals surface area contributed by atoms with Crippen LogP contribution in [-0.4, -0.2) is 34.9 Å². The Labute approximate surface area is 199 Å². The highest BCUT2D eigenvalue weighted by Crippen LogP contribution is 2.38. The number of ether oxygens (including phenoxy) is 1. The van der Waals surface area contributed by atoms with Crippen LogP contribution in [0, 0.1) is 20.8 Å². The second kappa shape index (κ2) is 9.47. The zero-order chi connectivity index (χ0) is 25.3. The smallest absolute Gasteiger partial charge is 0.283 e. The number of amidine groups is 1. The summed E-state index contributed by atoms with van der Waals surface area (Å²) in [6.07, 6.45) is 0. The lowest BCUT2D eigenvalue weighted by atomic mass is 10.1. The quantitative estimate of drug-likeness (QED) is 0.291. The Kier molecular flexibility index (Phi) is 7.04. The van der Waals surface area contributed by atoms with E-state index in [1.807, 2.05) is 6.92 Å². The maximum Gasteiger partial charge on any atom is 0.283 e. The molecule has 0 aliphatic carbocycles. The first-order valence-electron chi connectivity index (χ1n) is 10.2. The van der Waals surface area contributed by atoms with E-state index in [2.05, 4.69) is 9.71 Å². The molecule has 0 fully saturated rings. The lowest BCUT2D eigenvalue weighted by molar-refractivity contribution is 0.414. The van der Waals surface area contributed by atoms with Gasteiger partial charge in [-0.3, -0.25) is 0 Å². The molecule has 0 aliphatic rings. The van der Waals surface area contributed by atoms with Crippen LogP contribution >= 0.6 is 0 Å². The molecule has 0 radical (unpaired) electrons. The summed E-state index contributed by atoms with van der Waals surface area (Å²) in [5.41, 5.74) is 2.01. The van der Waals surface area contributed by atoms with Gasteiger partial charge in [-0.15, -0.1) is 4.40 Å². The van der Waals surface area contributed by atoms with Crippen LogP contribution in [0.25, 0.3) is 0 Å². The predicted molar refractivity (Wildman–Crippen MR) is 131 cm³/mol. The van der Waals surface area contributed by atoms with Gasteiger partial charge >= 0.3 is 0 Å². The van der Waals surface area contributed by atoms with Gasteiger partial charge in [0.25, 0.3) is 10.0 Å². The number of phenolic OH excluding ortho intramolecular Hbond substituents is 1. The van der Waals surface area contributed by atoms with Crippen LogP contribution < -0.4 is 10.1 Å². The van der Waals surface area contributed by atoms with Gasteiger partial charge in [0.15, 0.2) is 0 Å². The second-order valence-electron chi connectivity index (χ2n) is 7.81. The second-order valence-corrected chi connectivity index (χ2v) is 11.3. The van der Waals surface area contributed by atoms with Crippen molar-refractivity contribution in [2.75, 3.05) is 12.4 Å². The number of aryl methyl sites for hydroxylation is 2. The fourth-order valence-corrected chi connectivity index (χ4v) is 6.06. The molecule has 0 heterocycles. The van der Waals surface area contributed by atoms with Gasteiger partial charge in [-0.05, 0) is 81.3 Å². The van der Waals surface area contributed by atoms with Gasteiger partial charge in [-0.2, -0.15) is 8.42 Å². The number of nitrogens with zero attached hydrogens (tertiary/aromatic N) is 1. The number of sulfone groups is 1. The standard InChI is InChI=1S/C24H26N2O6S2/c1-15-6-10-21(11-7-15)34(30,31)26-18(4)25-23-16(2)14-22(27)24(17(23)3)33(28,29)20-12-8-19(32-5)9-13-20/h6-14,27H,1-5H3,(H,25,26). The van der Waals surface area contributed by atoms with Crippen molar-refractivity contribution in [2.45, 2.75) is 42.4 Å². The number of rotatable bonds is 6. The number of phenols is 1. The maximum absolute atomic E-state index is 13.3. The summed E-state index contributed by atoms with van der Waals surface area (Å²) in [7, 11) is -6.59. The topological polar surface area (TPSA) is 122 Å². The average Bonchev–Trinajstić information content (AvgIpc) is 2.76. The molecule has 3 rings (SSSR count). The predicted octanol–water partition coefficient (Wildman–Crippen LogP) is 4.38. The van der Waals surface area contributed by atoms with Crippen molar-refractivity contribution in [3.63, 3.8) is 0 Å². The van der Waals surface area contributed by atoms with Crippen molar-refractivity contribution in [3.8, 4) is 11.5 Å². The third kappa shape index (κ3) is 5.07. The highest BCUT2D eigenvalue weighted by atomic mass is 32.2. The highest BCUT2D eigenvalue weighted by Gasteiger charge is 2.27. The van der Waals surface area contributed by atoms with E-state index in [1.54, 1.807) is 19.1 Å². The van der Waals surface area contributed by atoms with E-state index in [4.69, 9.17) is 4.74 Å². The number of methoxy groups -OCH3 is 1. The van der Waals surface area contributed by atoms with Gasteiger partial charge in [0.1, 0.15) is 22.2 Å². The van der Waals surface area contributed by atoms with Gasteiger partial charge in [0.2, 0.25) is 9.84 Å². The molecule has 0 saturated carbocycles. The van der Waals surface area contributed by atoms with E-state index in [-0.39, 0.29) is 26.1 Å². The highest BCUT2D eigenvalue weighted by molar-refractivity contribution is 7.91. The van der Waals surface area contributed by atoms with E-state index in [0.717, 1.165) is 5.56 Å². The van der Waals surface area contributed by atoms with Crippen LogP contribution in [0.2, 0.25) is 0 Å². The van der Waals surface area contributed by atoms with Gasteiger partial charge in [-0.25, -0.2) is 8.42 Å². The first-order chi connectivity index (χ1) is 15.9. The summed E-state index contributed by atoms with van der Waals surface area (Å²) in [4.78, 5) is -0.255. The minimum absolute atomic E-state index is 0.0196. The number of anilines is 1. The molecule has 0 saturated heterocycles. The van der Waals surface area contributed by atoms with Gasteiger partial charge < -0.3 is 15.2 Å². The number of hydrogen-bond donors (Lipinski definition) is 2. The molecule has 180 valence electrons. The monoisotopic (exact) mass is 502 g/mol. The summed E-state index contributed by atoms with van der Waals surface area (Å²) < 4.78 is 60.8. The first-order valence-corrected chi connectivity index (χ1v) is 13.2. The zero-order valence-corrected chi connectivity index (χ0v) is 21.1. The lowest BCUT2D eigenvalue weighted by Gasteiger charge is -2.18. The molecular weight excluding hydrogens is 476 g/mol. The Balaban J connectivity index is 2.04. The molecule has 0 unspecified atom stereocenters. The average molecular weight is 503 g/mol. The van der Waals surface area contributed by atoms with Crippen molar-refractivity contribution in [1.29, 1.82) is 0 Å². The minimum atomic E-state index is -4.09. The third-order valence-corrected chi connectivity index (χ3v) is 8.54. The molecule has 34 heavy (non-hydrogen) atoms. The van der Waals surface area contributed by atoms with Crippen molar-refractivity contribution in [3.05, 3.63) is 71.3 Å². The molecule has 0 spiro atoms. The van der Waals surface area contributed by atoms with E-state index >= 15 is 0 Å². The van der Waals surface area contributed by atoms with E-state index < -0.39 is 25.6 Å². The van der Waals surface area contributed by atoms with Crippen LogP contribution in [-0.2, 0) is 19.9 Å². The van der Waals surface area contributed by atoms with E-state index in [1.165, 1.54) is 63.4 Å². The molecule has 2 N–H and O–H groups in total. The Hall–Kier alpha value is -3.37. The zero-order valence-electron chi connectivity index (χ0n) is 19.4. The molecule has 0 bridgehead atoms. The molecule has 3 aromatic rings. The SMILES string of the molecule is COc1ccc(S(=O)(=O)c2c(O)cc(C)c(NC(C)=NS(=O)(=O)c3ccc(C)cc3)c2C)cc1. The van der Waals surface area contributed by atoms with Crippen LogP contribution in [0.3, 0.4) is 0 Å². The van der Waals surface area contributed by atoms with Gasteiger partial charge in [0, 0.05) is 5.69 Å². The molecule has 0 aliphatic heterocycles. The number of sulfonamides is 1. The van der Waals surface area contributed by atoms with E-state index in [9.17, 15) is 21.9 Å². The number of benzene rings is 3. The number of aromatic hydroxyl groups is 1. The van der Waals surface area contributed by atoms with Crippen LogP contribution in [0.4, 0.5) is 5.69 Å². The summed E-state index contributed by atoms with van der Waals surface area (Å²) in [6, 6.07) is 13.4. The normalized spacial score (nSPS) is 12.4. The summed E-state index contributed by atoms with van der Waals surface area (Å²) >= 11 is 0. The maximum atomic E-state index is 13.3. The molecule has 0 aromatic heterocycles. The first kappa shape index (κ1) is 25.3. The Morgan fingerprint density at radius 2 is 1.47 bits per heavy atom. The Morgan fingerprint density at radius 3 is 2.03 bits per heavy atom. The van der Waals surface area contributed by atoms with Crippen molar-refractivity contribution in [2.24, 2.45) is 4.40 Å². The number of nitrogens with one attached hydrogen (secondary N) is 1. The number of hydrogen-bond acceptors (Lipinski definition) is 6. The van der Waals surface area contributed by atoms with E-state index in [0.29, 0.717) is 17.0 Å². The van der Waals surface area contributed by atoms with Crippen LogP contribution in [0.1, 0.15) is 23.6 Å². The van der Waals surface area contributed by atoms with Crippen molar-refractivity contribution < 1.29 is 26.7 Å². The lowest BCUT2D eigenvalue weighted by Crippen LogP contribution is -2.15. The Morgan fingerprint density at radius 1 is 0.912 bits per heavy atom. The largest absolute Gasteiger partial charge is 0.507 e. The summed E-state index contributed by atoms with van der Waals surface area (Å²) in [5.74, 6) is 0.135. The van der Waals surface area contributed by atoms with Crippen LogP contribution in [0.15, 0.2) is 73.7 Å². The molecule has 3 aromatic carbocycles. The minimum Gasteiger partial charge on any atom is -0.507 e.